The van der Waals surface area contributed by atoms with Crippen molar-refractivity contribution in [1.29, 1.82) is 0 Å². The third-order valence-electron chi connectivity index (χ3n) is 7.47. The van der Waals surface area contributed by atoms with Gasteiger partial charge >= 0.3 is 5.97 Å². The van der Waals surface area contributed by atoms with Crippen molar-refractivity contribution in [3.63, 3.8) is 0 Å². The van der Waals surface area contributed by atoms with Crippen LogP contribution in [-0.4, -0.2) is 52.5 Å². The van der Waals surface area contributed by atoms with Gasteiger partial charge in [-0.1, -0.05) is 26.0 Å². The molecule has 1 N–H and O–H groups in total. The van der Waals surface area contributed by atoms with Gasteiger partial charge in [0.25, 0.3) is 5.56 Å². The van der Waals surface area contributed by atoms with E-state index in [0.29, 0.717) is 46.1 Å². The molecule has 5 heterocycles. The summed E-state index contributed by atoms with van der Waals surface area (Å²) in [7, 11) is 2.05. The van der Waals surface area contributed by atoms with E-state index in [2.05, 4.69) is 31.0 Å². The molecule has 186 valence electrons. The number of rotatable bonds is 5. The molecule has 2 aromatic heterocycles. The third kappa shape index (κ3) is 3.19. The zero-order chi connectivity index (χ0) is 25.2. The van der Waals surface area contributed by atoms with Gasteiger partial charge in [-0.25, -0.2) is 9.78 Å². The van der Waals surface area contributed by atoms with Crippen LogP contribution >= 0.6 is 0 Å². The molecule has 0 aliphatic carbocycles. The minimum absolute atomic E-state index is 0.0993. The zero-order valence-electron chi connectivity index (χ0n) is 20.5. The smallest absolute Gasteiger partial charge is 0.343 e. The van der Waals surface area contributed by atoms with Crippen molar-refractivity contribution in [1.82, 2.24) is 14.5 Å². The minimum atomic E-state index is -1.86. The number of benzene rings is 1. The Balaban J connectivity index is 1.59. The Hall–Kier alpha value is -3.69. The van der Waals surface area contributed by atoms with Crippen LogP contribution in [0.15, 0.2) is 29.1 Å². The minimum Gasteiger partial charge on any atom is -0.458 e. The lowest BCUT2D eigenvalue weighted by atomic mass is 9.86. The molecule has 0 bridgehead atoms. The number of nitrogens with zero attached hydrogens (tertiary/aromatic N) is 3. The summed E-state index contributed by atoms with van der Waals surface area (Å²) in [6.07, 6.45) is 4.27. The summed E-state index contributed by atoms with van der Waals surface area (Å²) in [5.41, 5.74) is 2.28. The number of hydrogen-bond donors (Lipinski definition) is 1. The second-order valence-electron chi connectivity index (χ2n) is 9.44. The van der Waals surface area contributed by atoms with Crippen LogP contribution in [0, 0.1) is 0 Å². The Morgan fingerprint density at radius 3 is 2.67 bits per heavy atom. The highest BCUT2D eigenvalue weighted by Gasteiger charge is 2.45. The summed E-state index contributed by atoms with van der Waals surface area (Å²) in [6, 6.07) is 5.52. The number of cyclic esters (lactones) is 1. The van der Waals surface area contributed by atoms with Gasteiger partial charge in [-0.3, -0.25) is 4.79 Å². The molecular weight excluding hydrogens is 462 g/mol. The lowest BCUT2D eigenvalue weighted by Crippen LogP contribution is -2.44. The fourth-order valence-electron chi connectivity index (χ4n) is 5.17. The average molecular weight is 490 g/mol. The largest absolute Gasteiger partial charge is 0.458 e. The van der Waals surface area contributed by atoms with Crippen LogP contribution in [-0.2, 0) is 28.3 Å². The first-order valence-electron chi connectivity index (χ1n) is 12.1. The quantitative estimate of drug-likeness (QED) is 0.427. The highest BCUT2D eigenvalue weighted by atomic mass is 16.7. The monoisotopic (exact) mass is 489 g/mol. The van der Waals surface area contributed by atoms with Gasteiger partial charge in [0.05, 0.1) is 29.0 Å². The molecule has 0 saturated carbocycles. The molecule has 0 fully saturated rings. The zero-order valence-corrected chi connectivity index (χ0v) is 20.5. The predicted octanol–water partition coefficient (Wildman–Crippen LogP) is 2.77. The van der Waals surface area contributed by atoms with Crippen molar-refractivity contribution in [2.45, 2.75) is 39.0 Å². The van der Waals surface area contributed by atoms with E-state index < -0.39 is 11.6 Å². The van der Waals surface area contributed by atoms with Gasteiger partial charge in [0, 0.05) is 29.1 Å². The van der Waals surface area contributed by atoms with Crippen LogP contribution in [0.2, 0.25) is 0 Å². The molecule has 36 heavy (non-hydrogen) atoms. The van der Waals surface area contributed by atoms with Crippen LogP contribution in [0.5, 0.6) is 11.5 Å². The summed E-state index contributed by atoms with van der Waals surface area (Å²) < 4.78 is 18.0. The summed E-state index contributed by atoms with van der Waals surface area (Å²) in [5.74, 6) is 0.554. The topological polar surface area (TPSA) is 103 Å². The van der Waals surface area contributed by atoms with Crippen LogP contribution in [0.3, 0.4) is 0 Å². The molecule has 0 spiro atoms. The summed E-state index contributed by atoms with van der Waals surface area (Å²) in [5, 5.41) is 12.0. The number of pyridine rings is 2. The molecular formula is C27H27N3O6. The van der Waals surface area contributed by atoms with Gasteiger partial charge in [-0.2, -0.15) is 0 Å². The molecule has 9 nitrogen and oxygen atoms in total. The van der Waals surface area contributed by atoms with E-state index in [9.17, 15) is 14.7 Å². The first kappa shape index (κ1) is 22.8. The highest BCUT2D eigenvalue weighted by molar-refractivity contribution is 5.95. The lowest BCUT2D eigenvalue weighted by molar-refractivity contribution is -0.172. The van der Waals surface area contributed by atoms with Gasteiger partial charge in [0.2, 0.25) is 6.79 Å². The molecule has 0 radical (unpaired) electrons. The van der Waals surface area contributed by atoms with Crippen molar-refractivity contribution in [2.24, 2.45) is 0 Å². The summed E-state index contributed by atoms with van der Waals surface area (Å²) in [6.45, 7) is 5.82. The Morgan fingerprint density at radius 2 is 1.92 bits per heavy atom. The van der Waals surface area contributed by atoms with Crippen LogP contribution < -0.4 is 15.0 Å². The summed E-state index contributed by atoms with van der Waals surface area (Å²) in [4.78, 5) is 33.2. The Morgan fingerprint density at radius 1 is 1.14 bits per heavy atom. The fraction of sp³-hybridized carbons (Fsp3) is 0.370. The number of aliphatic hydroxyl groups is 1. The average Bonchev–Trinajstić information content (AvgIpc) is 3.49. The second kappa shape index (κ2) is 8.18. The maximum Gasteiger partial charge on any atom is 0.343 e. The number of ether oxygens (including phenoxy) is 3. The van der Waals surface area contributed by atoms with Crippen molar-refractivity contribution in [2.75, 3.05) is 26.9 Å². The highest BCUT2D eigenvalue weighted by Crippen LogP contribution is 2.43. The summed E-state index contributed by atoms with van der Waals surface area (Å²) >= 11 is 0. The number of hydrogen-bond acceptors (Lipinski definition) is 8. The van der Waals surface area contributed by atoms with Crippen molar-refractivity contribution >= 4 is 22.9 Å². The molecule has 3 aromatic rings. The Labute approximate surface area is 207 Å². The van der Waals surface area contributed by atoms with Gasteiger partial charge in [0.1, 0.15) is 6.61 Å². The van der Waals surface area contributed by atoms with E-state index in [4.69, 9.17) is 19.2 Å². The molecule has 0 saturated heterocycles. The van der Waals surface area contributed by atoms with E-state index in [1.165, 1.54) is 0 Å². The van der Waals surface area contributed by atoms with Crippen molar-refractivity contribution in [3.8, 4) is 22.9 Å². The molecule has 0 amide bonds. The van der Waals surface area contributed by atoms with E-state index in [0.717, 1.165) is 29.6 Å². The Kier molecular flexibility index (Phi) is 5.17. The molecule has 1 atom stereocenters. The number of likely N-dealkylation sites (N-methyl/N-ethyl adjacent to an activating group) is 1. The molecule has 1 aromatic carbocycles. The number of carbonyl (C=O) groups is 1. The van der Waals surface area contributed by atoms with Crippen molar-refractivity contribution in [3.05, 3.63) is 56.9 Å². The molecule has 3 aliphatic heterocycles. The lowest BCUT2D eigenvalue weighted by Gasteiger charge is -2.31. The number of fused-ring (bicyclic) bond motifs is 6. The molecule has 0 unspecified atom stereocenters. The SMILES string of the molecule is CCN(C)C/C=C/c1c2c(nc3cc4c(cc13)OCO4)-c1cc3c(c(=O)n1C2)COC(=O)[C@]3(O)CC. The van der Waals surface area contributed by atoms with Gasteiger partial charge < -0.3 is 28.8 Å². The first-order valence-corrected chi connectivity index (χ1v) is 12.1. The third-order valence-corrected chi connectivity index (χ3v) is 7.47. The number of esters is 1. The predicted molar refractivity (Wildman–Crippen MR) is 133 cm³/mol. The van der Waals surface area contributed by atoms with Gasteiger partial charge in [-0.05, 0) is 37.7 Å². The van der Waals surface area contributed by atoms with Crippen LogP contribution in [0.4, 0.5) is 0 Å². The molecule has 9 heteroatoms. The normalized spacial score (nSPS) is 19.6. The Bertz CT molecular complexity index is 1520. The second-order valence-corrected chi connectivity index (χ2v) is 9.44. The first-order chi connectivity index (χ1) is 17.4. The van der Waals surface area contributed by atoms with Crippen molar-refractivity contribution < 1.29 is 24.1 Å². The van der Waals surface area contributed by atoms with E-state index >= 15 is 0 Å². The molecule has 3 aliphatic rings. The molecule has 6 rings (SSSR count). The van der Waals surface area contributed by atoms with Crippen LogP contribution in [0.25, 0.3) is 28.4 Å². The number of aromatic nitrogens is 2. The van der Waals surface area contributed by atoms with E-state index in [-0.39, 0.29) is 25.4 Å². The van der Waals surface area contributed by atoms with E-state index in [1.54, 1.807) is 17.6 Å². The number of carbonyl (C=O) groups excluding carboxylic acids is 1. The maximum atomic E-state index is 13.6. The van der Waals surface area contributed by atoms with Crippen LogP contribution in [0.1, 0.15) is 42.5 Å². The van der Waals surface area contributed by atoms with E-state index in [1.807, 2.05) is 12.1 Å². The fourth-order valence-corrected chi connectivity index (χ4v) is 5.17. The maximum absolute atomic E-state index is 13.6. The van der Waals surface area contributed by atoms with Gasteiger partial charge in [-0.15, -0.1) is 0 Å². The standard InChI is InChI=1S/C27H27N3O6/c1-4-27(33)19-10-21-24-17(12-30(21)25(31)18(19)13-34-26(27)32)15(7-6-8-29(3)5-2)16-9-22-23(36-14-35-22)11-20(16)28-24/h6-7,9-11,33H,4-5,8,12-14H2,1-3H3/b7-6+/t27-/m0/s1. The van der Waals surface area contributed by atoms with Gasteiger partial charge in [0.15, 0.2) is 17.1 Å².